The van der Waals surface area contributed by atoms with Crippen molar-refractivity contribution in [3.63, 3.8) is 0 Å². The minimum atomic E-state index is -0.801. The van der Waals surface area contributed by atoms with E-state index in [1.165, 1.54) is 37.5 Å². The fraction of sp³-hybridized carbons (Fsp3) is 0. The quantitative estimate of drug-likeness (QED) is 0.297. The van der Waals surface area contributed by atoms with E-state index in [9.17, 15) is 0 Å². The van der Waals surface area contributed by atoms with E-state index in [0.717, 1.165) is 23.0 Å². The van der Waals surface area contributed by atoms with Gasteiger partial charge in [0.15, 0.2) is 0 Å². The molecule has 0 N–H and O–H groups in total. The van der Waals surface area contributed by atoms with E-state index in [1.807, 2.05) is 6.07 Å². The predicted molar refractivity (Wildman–Crippen MR) is 120 cm³/mol. The third-order valence-corrected chi connectivity index (χ3v) is 8.50. The van der Waals surface area contributed by atoms with Crippen LogP contribution in [0.3, 0.4) is 0 Å². The number of hydrogen-bond acceptors (Lipinski definition) is 2. The number of ether oxygens (including phenoxy) is 2. The molecular weight excluding hydrogens is 375 g/mol. The summed E-state index contributed by atoms with van der Waals surface area (Å²) in [6.45, 7) is 0. The third kappa shape index (κ3) is 2.04. The van der Waals surface area contributed by atoms with Crippen LogP contribution in [0.4, 0.5) is 0 Å². The molecule has 7 rings (SSSR count). The molecule has 136 valence electrons. The summed E-state index contributed by atoms with van der Waals surface area (Å²) < 4.78 is 12.8. The Kier molecular flexibility index (Phi) is 3.00. The second-order valence-corrected chi connectivity index (χ2v) is 9.42. The molecule has 5 aromatic carbocycles. The van der Waals surface area contributed by atoms with E-state index in [4.69, 9.17) is 9.47 Å². The summed E-state index contributed by atoms with van der Waals surface area (Å²) in [6, 6.07) is 31.9. The molecule has 0 saturated carbocycles. The first kappa shape index (κ1) is 15.6. The van der Waals surface area contributed by atoms with Crippen LogP contribution in [0.1, 0.15) is 0 Å². The summed E-state index contributed by atoms with van der Waals surface area (Å²) in [6.07, 6.45) is 0. The molecule has 2 heterocycles. The molecule has 2 aliphatic heterocycles. The van der Waals surface area contributed by atoms with Gasteiger partial charge in [-0.15, -0.1) is 0 Å². The molecular formula is C26H15O2P. The van der Waals surface area contributed by atoms with Gasteiger partial charge in [-0.05, 0) is 45.8 Å². The topological polar surface area (TPSA) is 18.5 Å². The van der Waals surface area contributed by atoms with Crippen LogP contribution in [0.25, 0.3) is 21.5 Å². The SMILES string of the molecule is c1cc2c3c(c1)Oc1ccc4ccccc4c1P3c1c(ccc3ccccc13)O2. The molecule has 2 nitrogen and oxygen atoms in total. The molecule has 0 saturated heterocycles. The second kappa shape index (κ2) is 5.59. The van der Waals surface area contributed by atoms with E-state index < -0.39 is 7.92 Å². The standard InChI is InChI=1S/C26H15O2P/c1-3-8-18-16(6-1)12-14-22-24(18)29-25-19-9-4-2-7-17(19)13-15-23(25)28-21-11-5-10-20(27-22)26(21)29/h1-15H. The first-order chi connectivity index (χ1) is 14.4. The van der Waals surface area contributed by atoms with Crippen LogP contribution < -0.4 is 25.4 Å². The lowest BCUT2D eigenvalue weighted by Gasteiger charge is -2.35. The van der Waals surface area contributed by atoms with Crippen molar-refractivity contribution in [2.75, 3.05) is 0 Å². The van der Waals surface area contributed by atoms with E-state index in [2.05, 4.69) is 84.9 Å². The average Bonchev–Trinajstić information content (AvgIpc) is 2.78. The van der Waals surface area contributed by atoms with Crippen molar-refractivity contribution in [1.82, 2.24) is 0 Å². The monoisotopic (exact) mass is 390 g/mol. The molecule has 0 amide bonds. The smallest absolute Gasteiger partial charge is 0.139 e. The highest BCUT2D eigenvalue weighted by molar-refractivity contribution is 7.81. The van der Waals surface area contributed by atoms with Gasteiger partial charge in [0.2, 0.25) is 0 Å². The molecule has 0 aromatic heterocycles. The average molecular weight is 390 g/mol. The van der Waals surface area contributed by atoms with E-state index in [-0.39, 0.29) is 0 Å². The van der Waals surface area contributed by atoms with Crippen molar-refractivity contribution in [2.45, 2.75) is 0 Å². The molecule has 0 unspecified atom stereocenters. The first-order valence-corrected chi connectivity index (χ1v) is 11.0. The number of benzene rings is 5. The van der Waals surface area contributed by atoms with Crippen LogP contribution in [0, 0.1) is 0 Å². The Morgan fingerprint density at radius 2 is 0.897 bits per heavy atom. The molecule has 0 bridgehead atoms. The zero-order valence-corrected chi connectivity index (χ0v) is 16.3. The lowest BCUT2D eigenvalue weighted by atomic mass is 10.1. The molecule has 0 radical (unpaired) electrons. The lowest BCUT2D eigenvalue weighted by Crippen LogP contribution is -2.32. The molecule has 0 atom stereocenters. The molecule has 29 heavy (non-hydrogen) atoms. The molecule has 3 heteroatoms. The lowest BCUT2D eigenvalue weighted by molar-refractivity contribution is 0.467. The van der Waals surface area contributed by atoms with E-state index in [0.29, 0.717) is 0 Å². The minimum absolute atomic E-state index is 0.801. The predicted octanol–water partition coefficient (Wildman–Crippen LogP) is 5.96. The Balaban J connectivity index is 1.67. The zero-order valence-electron chi connectivity index (χ0n) is 15.4. The summed E-state index contributed by atoms with van der Waals surface area (Å²) >= 11 is 0. The molecule has 0 aliphatic carbocycles. The highest BCUT2D eigenvalue weighted by Gasteiger charge is 2.38. The Morgan fingerprint density at radius 3 is 1.45 bits per heavy atom. The van der Waals surface area contributed by atoms with Gasteiger partial charge in [0.25, 0.3) is 0 Å². The summed E-state index contributed by atoms with van der Waals surface area (Å²) in [5.41, 5.74) is 0. The van der Waals surface area contributed by atoms with Crippen molar-refractivity contribution < 1.29 is 9.47 Å². The van der Waals surface area contributed by atoms with Gasteiger partial charge in [0.1, 0.15) is 23.0 Å². The number of hydrogen-bond donors (Lipinski definition) is 0. The van der Waals surface area contributed by atoms with Crippen LogP contribution in [-0.4, -0.2) is 0 Å². The zero-order chi connectivity index (χ0) is 18.9. The summed E-state index contributed by atoms with van der Waals surface area (Å²) in [7, 11) is -0.801. The second-order valence-electron chi connectivity index (χ2n) is 7.41. The maximum absolute atomic E-state index is 6.40. The largest absolute Gasteiger partial charge is 0.456 e. The Bertz CT molecular complexity index is 1360. The van der Waals surface area contributed by atoms with Gasteiger partial charge in [0.05, 0.1) is 5.30 Å². The summed E-state index contributed by atoms with van der Waals surface area (Å²) in [5, 5.41) is 8.78. The Labute approximate surface area is 169 Å². The molecule has 5 aromatic rings. The summed E-state index contributed by atoms with van der Waals surface area (Å²) in [4.78, 5) is 0. The molecule has 0 spiro atoms. The van der Waals surface area contributed by atoms with Crippen LogP contribution in [0.15, 0.2) is 91.0 Å². The van der Waals surface area contributed by atoms with Crippen molar-refractivity contribution in [1.29, 1.82) is 0 Å². The Morgan fingerprint density at radius 1 is 0.414 bits per heavy atom. The van der Waals surface area contributed by atoms with Crippen LogP contribution in [0.5, 0.6) is 23.0 Å². The first-order valence-electron chi connectivity index (χ1n) is 9.71. The normalized spacial score (nSPS) is 13.9. The van der Waals surface area contributed by atoms with Crippen LogP contribution >= 0.6 is 7.92 Å². The maximum Gasteiger partial charge on any atom is 0.139 e. The van der Waals surface area contributed by atoms with Crippen molar-refractivity contribution in [2.24, 2.45) is 0 Å². The highest BCUT2D eigenvalue weighted by Crippen LogP contribution is 2.54. The van der Waals surface area contributed by atoms with Crippen LogP contribution in [0.2, 0.25) is 0 Å². The van der Waals surface area contributed by atoms with Gasteiger partial charge in [-0.25, -0.2) is 0 Å². The van der Waals surface area contributed by atoms with Gasteiger partial charge in [0, 0.05) is 18.5 Å². The van der Waals surface area contributed by atoms with Crippen molar-refractivity contribution in [3.05, 3.63) is 91.0 Å². The number of rotatable bonds is 0. The summed E-state index contributed by atoms with van der Waals surface area (Å²) in [5.74, 6) is 3.74. The maximum atomic E-state index is 6.40. The van der Waals surface area contributed by atoms with Gasteiger partial charge in [-0.2, -0.15) is 0 Å². The fourth-order valence-corrected chi connectivity index (χ4v) is 7.48. The Hall–Kier alpha value is -3.35. The van der Waals surface area contributed by atoms with Gasteiger partial charge in [-0.1, -0.05) is 66.7 Å². The van der Waals surface area contributed by atoms with Gasteiger partial charge in [-0.3, -0.25) is 0 Å². The van der Waals surface area contributed by atoms with Gasteiger partial charge >= 0.3 is 0 Å². The van der Waals surface area contributed by atoms with E-state index in [1.54, 1.807) is 0 Å². The van der Waals surface area contributed by atoms with Crippen molar-refractivity contribution in [3.8, 4) is 23.0 Å². The van der Waals surface area contributed by atoms with Crippen LogP contribution in [-0.2, 0) is 0 Å². The molecule has 0 fully saturated rings. The van der Waals surface area contributed by atoms with Gasteiger partial charge < -0.3 is 9.47 Å². The third-order valence-electron chi connectivity index (χ3n) is 5.80. The van der Waals surface area contributed by atoms with E-state index >= 15 is 0 Å². The fourth-order valence-electron chi connectivity index (χ4n) is 4.56. The minimum Gasteiger partial charge on any atom is -0.456 e. The molecule has 2 aliphatic rings. The number of fused-ring (bicyclic) bond motifs is 8. The van der Waals surface area contributed by atoms with Crippen molar-refractivity contribution >= 4 is 45.4 Å². The highest BCUT2D eigenvalue weighted by atomic mass is 31.1.